The molecule has 30 heavy (non-hydrogen) atoms. The van der Waals surface area contributed by atoms with E-state index in [1.54, 1.807) is 31.2 Å². The molecule has 0 spiro atoms. The maximum Gasteiger partial charge on any atom is 0.417 e. The number of halogens is 3. The van der Waals surface area contributed by atoms with E-state index in [4.69, 9.17) is 9.47 Å². The van der Waals surface area contributed by atoms with Crippen LogP contribution in [0.15, 0.2) is 42.6 Å². The average molecular weight is 423 g/mol. The lowest BCUT2D eigenvalue weighted by Gasteiger charge is -2.17. The van der Waals surface area contributed by atoms with E-state index in [9.17, 15) is 18.0 Å². The fourth-order valence-electron chi connectivity index (χ4n) is 3.06. The highest BCUT2D eigenvalue weighted by molar-refractivity contribution is 5.80. The summed E-state index contributed by atoms with van der Waals surface area (Å²) in [5.74, 6) is 0.716. The second-order valence-electron chi connectivity index (χ2n) is 7.06. The van der Waals surface area contributed by atoms with E-state index in [0.717, 1.165) is 38.0 Å². The van der Waals surface area contributed by atoms with Gasteiger partial charge in [0.15, 0.2) is 6.10 Å². The summed E-state index contributed by atoms with van der Waals surface area (Å²) in [5.41, 5.74) is -0.841. The molecule has 1 unspecified atom stereocenters. The SMILES string of the molecule is CC(Oc1ccc(Oc2ccc(C(F)(F)F)cn2)cc1)C(=O)NCCN1CCCC1. The number of nitrogens with one attached hydrogen (secondary N) is 1. The lowest BCUT2D eigenvalue weighted by Crippen LogP contribution is -2.40. The Balaban J connectivity index is 1.45. The minimum Gasteiger partial charge on any atom is -0.481 e. The summed E-state index contributed by atoms with van der Waals surface area (Å²) in [6.07, 6.45) is -1.96. The van der Waals surface area contributed by atoms with E-state index in [1.165, 1.54) is 12.8 Å². The van der Waals surface area contributed by atoms with Crippen molar-refractivity contribution >= 4 is 5.91 Å². The summed E-state index contributed by atoms with van der Waals surface area (Å²) in [5, 5.41) is 2.87. The monoisotopic (exact) mass is 423 g/mol. The van der Waals surface area contributed by atoms with Crippen LogP contribution < -0.4 is 14.8 Å². The number of likely N-dealkylation sites (tertiary alicyclic amines) is 1. The number of rotatable bonds is 8. The Morgan fingerprint density at radius 2 is 1.80 bits per heavy atom. The van der Waals surface area contributed by atoms with E-state index in [2.05, 4.69) is 15.2 Å². The molecule has 1 aliphatic heterocycles. The number of carbonyl (C=O) groups excluding carboxylic acids is 1. The molecule has 3 rings (SSSR count). The standard InChI is InChI=1S/C21H24F3N3O3/c1-15(20(28)25-10-13-27-11-2-3-12-27)29-17-5-7-18(8-6-17)30-19-9-4-16(14-26-19)21(22,23)24/h4-9,14-15H,2-3,10-13H2,1H3,(H,25,28). The van der Waals surface area contributed by atoms with Crippen LogP contribution in [0.4, 0.5) is 13.2 Å². The van der Waals surface area contributed by atoms with Gasteiger partial charge in [-0.2, -0.15) is 13.2 Å². The van der Waals surface area contributed by atoms with Crippen molar-refractivity contribution in [3.8, 4) is 17.4 Å². The summed E-state index contributed by atoms with van der Waals surface area (Å²) in [6.45, 7) is 5.25. The largest absolute Gasteiger partial charge is 0.481 e. The van der Waals surface area contributed by atoms with Crippen LogP contribution in [0.2, 0.25) is 0 Å². The number of hydrogen-bond acceptors (Lipinski definition) is 5. The minimum atomic E-state index is -4.44. The molecule has 1 fully saturated rings. The van der Waals surface area contributed by atoms with Crippen molar-refractivity contribution in [2.24, 2.45) is 0 Å². The van der Waals surface area contributed by atoms with Crippen LogP contribution in [-0.4, -0.2) is 48.1 Å². The van der Waals surface area contributed by atoms with E-state index >= 15 is 0 Å². The van der Waals surface area contributed by atoms with Crippen molar-refractivity contribution in [1.82, 2.24) is 15.2 Å². The Kier molecular flexibility index (Phi) is 7.15. The van der Waals surface area contributed by atoms with Crippen molar-refractivity contribution in [2.45, 2.75) is 32.0 Å². The van der Waals surface area contributed by atoms with E-state index in [1.807, 2.05) is 0 Å². The number of amides is 1. The molecule has 9 heteroatoms. The zero-order chi connectivity index (χ0) is 21.6. The highest BCUT2D eigenvalue weighted by atomic mass is 19.4. The lowest BCUT2D eigenvalue weighted by atomic mass is 10.3. The van der Waals surface area contributed by atoms with Crippen molar-refractivity contribution < 1.29 is 27.4 Å². The lowest BCUT2D eigenvalue weighted by molar-refractivity contribution is -0.137. The molecular weight excluding hydrogens is 399 g/mol. The van der Waals surface area contributed by atoms with Gasteiger partial charge < -0.3 is 19.7 Å². The number of alkyl halides is 3. The third kappa shape index (κ3) is 6.35. The predicted molar refractivity (Wildman–Crippen MR) is 105 cm³/mol. The van der Waals surface area contributed by atoms with E-state index < -0.39 is 17.8 Å². The quantitative estimate of drug-likeness (QED) is 0.698. The molecule has 6 nitrogen and oxygen atoms in total. The summed E-state index contributed by atoms with van der Waals surface area (Å²) < 4.78 is 48.8. The second-order valence-corrected chi connectivity index (χ2v) is 7.06. The Hall–Kier alpha value is -2.81. The molecule has 2 heterocycles. The molecule has 1 saturated heterocycles. The van der Waals surface area contributed by atoms with Crippen molar-refractivity contribution in [3.05, 3.63) is 48.2 Å². The third-order valence-electron chi connectivity index (χ3n) is 4.72. The van der Waals surface area contributed by atoms with Crippen LogP contribution >= 0.6 is 0 Å². The first-order valence-corrected chi connectivity index (χ1v) is 9.79. The van der Waals surface area contributed by atoms with Gasteiger partial charge in [-0.05, 0) is 63.2 Å². The van der Waals surface area contributed by atoms with Crippen LogP contribution in [-0.2, 0) is 11.0 Å². The minimum absolute atomic E-state index is 0.0439. The molecular formula is C21H24F3N3O3. The normalized spacial score (nSPS) is 15.6. The highest BCUT2D eigenvalue weighted by Crippen LogP contribution is 2.30. The van der Waals surface area contributed by atoms with Crippen molar-refractivity contribution in [2.75, 3.05) is 26.2 Å². The molecule has 1 amide bonds. The number of aromatic nitrogens is 1. The van der Waals surface area contributed by atoms with Gasteiger partial charge in [-0.3, -0.25) is 4.79 Å². The molecule has 1 aromatic heterocycles. The van der Waals surface area contributed by atoms with Gasteiger partial charge in [-0.25, -0.2) is 4.98 Å². The van der Waals surface area contributed by atoms with Gasteiger partial charge in [-0.15, -0.1) is 0 Å². The van der Waals surface area contributed by atoms with Crippen molar-refractivity contribution in [1.29, 1.82) is 0 Å². The highest BCUT2D eigenvalue weighted by Gasteiger charge is 2.30. The van der Waals surface area contributed by atoms with Gasteiger partial charge in [-0.1, -0.05) is 0 Å². The van der Waals surface area contributed by atoms with Gasteiger partial charge in [0.2, 0.25) is 5.88 Å². The van der Waals surface area contributed by atoms with Crippen LogP contribution in [0.25, 0.3) is 0 Å². The summed E-state index contributed by atoms with van der Waals surface area (Å²) in [6, 6.07) is 8.48. The maximum absolute atomic E-state index is 12.6. The van der Waals surface area contributed by atoms with Gasteiger partial charge in [0, 0.05) is 25.4 Å². The molecule has 2 aromatic rings. The number of pyridine rings is 1. The Morgan fingerprint density at radius 1 is 1.13 bits per heavy atom. The first-order valence-electron chi connectivity index (χ1n) is 9.79. The summed E-state index contributed by atoms with van der Waals surface area (Å²) in [7, 11) is 0. The first-order chi connectivity index (χ1) is 14.3. The molecule has 0 bridgehead atoms. The molecule has 1 N–H and O–H groups in total. The van der Waals surface area contributed by atoms with Crippen LogP contribution in [0.5, 0.6) is 17.4 Å². The number of nitrogens with zero attached hydrogens (tertiary/aromatic N) is 2. The third-order valence-corrected chi connectivity index (χ3v) is 4.72. The fourth-order valence-corrected chi connectivity index (χ4v) is 3.06. The van der Waals surface area contributed by atoms with Crippen molar-refractivity contribution in [3.63, 3.8) is 0 Å². The summed E-state index contributed by atoms with van der Waals surface area (Å²) in [4.78, 5) is 18.1. The smallest absolute Gasteiger partial charge is 0.417 e. The zero-order valence-electron chi connectivity index (χ0n) is 16.6. The van der Waals surface area contributed by atoms with Gasteiger partial charge in [0.25, 0.3) is 5.91 Å². The molecule has 0 saturated carbocycles. The Labute approximate surface area is 173 Å². The first kappa shape index (κ1) is 21.9. The van der Waals surface area contributed by atoms with Gasteiger partial charge in [0.05, 0.1) is 5.56 Å². The molecule has 1 atom stereocenters. The van der Waals surface area contributed by atoms with Crippen LogP contribution in [0.1, 0.15) is 25.3 Å². The second kappa shape index (κ2) is 9.80. The van der Waals surface area contributed by atoms with E-state index in [0.29, 0.717) is 18.0 Å². The molecule has 162 valence electrons. The maximum atomic E-state index is 12.6. The molecule has 1 aliphatic rings. The zero-order valence-corrected chi connectivity index (χ0v) is 16.6. The number of benzene rings is 1. The Morgan fingerprint density at radius 3 is 2.40 bits per heavy atom. The molecule has 1 aromatic carbocycles. The molecule has 0 radical (unpaired) electrons. The topological polar surface area (TPSA) is 63.7 Å². The number of ether oxygens (including phenoxy) is 2. The van der Waals surface area contributed by atoms with E-state index in [-0.39, 0.29) is 11.8 Å². The number of carbonyl (C=O) groups is 1. The predicted octanol–water partition coefficient (Wildman–Crippen LogP) is 3.87. The van der Waals surface area contributed by atoms with Gasteiger partial charge >= 0.3 is 6.18 Å². The Bertz CT molecular complexity index is 820. The average Bonchev–Trinajstić information content (AvgIpc) is 3.22. The fraction of sp³-hybridized carbons (Fsp3) is 0.429. The molecule has 0 aliphatic carbocycles. The van der Waals surface area contributed by atoms with Crippen LogP contribution in [0, 0.1) is 0 Å². The van der Waals surface area contributed by atoms with Gasteiger partial charge in [0.1, 0.15) is 11.5 Å². The number of hydrogen-bond donors (Lipinski definition) is 1. The van der Waals surface area contributed by atoms with Crippen LogP contribution in [0.3, 0.4) is 0 Å². The summed E-state index contributed by atoms with van der Waals surface area (Å²) >= 11 is 0.